The molecule has 116 valence electrons. The Morgan fingerprint density at radius 2 is 1.77 bits per heavy atom. The zero-order valence-corrected chi connectivity index (χ0v) is 13.5. The first-order valence-electron chi connectivity index (χ1n) is 7.23. The molecule has 2 aromatic carbocycles. The molecule has 0 aromatic heterocycles. The minimum absolute atomic E-state index is 0.0940. The summed E-state index contributed by atoms with van der Waals surface area (Å²) >= 11 is 12.5. The van der Waals surface area contributed by atoms with Crippen molar-refractivity contribution in [3.8, 4) is 5.75 Å². The van der Waals surface area contributed by atoms with E-state index in [2.05, 4.69) is 5.32 Å². The number of rotatable bonds is 4. The molecule has 0 radical (unpaired) electrons. The molecule has 5 heteroatoms. The van der Waals surface area contributed by atoms with Crippen LogP contribution < -0.4 is 10.1 Å². The Hall–Kier alpha value is -1.26. The molecule has 0 aliphatic carbocycles. The molecule has 0 bridgehead atoms. The highest BCUT2D eigenvalue weighted by molar-refractivity contribution is 6.37. The molecule has 1 aliphatic heterocycles. The summed E-state index contributed by atoms with van der Waals surface area (Å²) in [5, 5.41) is 4.32. The number of hydrogen-bond acceptors (Lipinski definition) is 3. The number of morpholine rings is 1. The minimum Gasteiger partial charge on any atom is -0.480 e. The van der Waals surface area contributed by atoms with Crippen LogP contribution in [0.15, 0.2) is 48.5 Å². The standard InChI is InChI=1S/C17H17Cl2NO2/c18-13-7-4-8-14(19)17(13)22-16(12-5-2-1-3-6-12)15-11-20-9-10-21-15/h1-8,15-16,20H,9-11H2/t15-,16?/m0/s1. The van der Waals surface area contributed by atoms with E-state index >= 15 is 0 Å². The third-order valence-electron chi connectivity index (χ3n) is 3.59. The monoisotopic (exact) mass is 337 g/mol. The molecule has 1 aliphatic rings. The third-order valence-corrected chi connectivity index (χ3v) is 4.18. The average molecular weight is 338 g/mol. The van der Waals surface area contributed by atoms with Crippen LogP contribution in [0.2, 0.25) is 10.0 Å². The Morgan fingerprint density at radius 1 is 1.05 bits per heavy atom. The molecule has 1 unspecified atom stereocenters. The summed E-state index contributed by atoms with van der Waals surface area (Å²) < 4.78 is 12.0. The Bertz CT molecular complexity index is 595. The van der Waals surface area contributed by atoms with Gasteiger partial charge in [-0.15, -0.1) is 0 Å². The summed E-state index contributed by atoms with van der Waals surface area (Å²) in [4.78, 5) is 0. The molecule has 0 saturated carbocycles. The molecule has 2 atom stereocenters. The number of nitrogens with one attached hydrogen (secondary N) is 1. The van der Waals surface area contributed by atoms with Crippen molar-refractivity contribution < 1.29 is 9.47 Å². The second-order valence-corrected chi connectivity index (χ2v) is 5.93. The molecular formula is C17H17Cl2NO2. The van der Waals surface area contributed by atoms with Crippen LogP contribution in [-0.4, -0.2) is 25.8 Å². The van der Waals surface area contributed by atoms with Crippen molar-refractivity contribution in [2.45, 2.75) is 12.2 Å². The van der Waals surface area contributed by atoms with Crippen LogP contribution in [0.3, 0.4) is 0 Å². The zero-order chi connectivity index (χ0) is 15.4. The predicted molar refractivity (Wildman–Crippen MR) is 88.9 cm³/mol. The van der Waals surface area contributed by atoms with E-state index in [1.165, 1.54) is 0 Å². The fraction of sp³-hybridized carbons (Fsp3) is 0.294. The Labute approximate surface area is 140 Å². The van der Waals surface area contributed by atoms with Gasteiger partial charge in [0.15, 0.2) is 11.9 Å². The van der Waals surface area contributed by atoms with Crippen LogP contribution in [0, 0.1) is 0 Å². The fourth-order valence-electron chi connectivity index (χ4n) is 2.50. The summed E-state index contributed by atoms with van der Waals surface area (Å²) in [6.07, 6.45) is -0.366. The van der Waals surface area contributed by atoms with Gasteiger partial charge in [0.05, 0.1) is 16.7 Å². The smallest absolute Gasteiger partial charge is 0.157 e. The average Bonchev–Trinajstić information content (AvgIpc) is 2.56. The first-order chi connectivity index (χ1) is 10.8. The van der Waals surface area contributed by atoms with Crippen LogP contribution >= 0.6 is 23.2 Å². The van der Waals surface area contributed by atoms with Gasteiger partial charge in [-0.05, 0) is 17.7 Å². The van der Waals surface area contributed by atoms with Crippen molar-refractivity contribution in [1.29, 1.82) is 0 Å². The summed E-state index contributed by atoms with van der Waals surface area (Å²) in [6.45, 7) is 2.24. The predicted octanol–water partition coefficient (Wildman–Crippen LogP) is 4.10. The van der Waals surface area contributed by atoms with E-state index in [0.29, 0.717) is 22.4 Å². The van der Waals surface area contributed by atoms with E-state index in [4.69, 9.17) is 32.7 Å². The summed E-state index contributed by atoms with van der Waals surface area (Å²) in [6, 6.07) is 15.3. The van der Waals surface area contributed by atoms with E-state index in [1.807, 2.05) is 30.3 Å². The fourth-order valence-corrected chi connectivity index (χ4v) is 2.99. The topological polar surface area (TPSA) is 30.5 Å². The van der Waals surface area contributed by atoms with Crippen LogP contribution in [-0.2, 0) is 4.74 Å². The lowest BCUT2D eigenvalue weighted by Gasteiger charge is -2.32. The highest BCUT2D eigenvalue weighted by Crippen LogP contribution is 2.37. The van der Waals surface area contributed by atoms with Crippen LogP contribution in [0.4, 0.5) is 0 Å². The van der Waals surface area contributed by atoms with Crippen molar-refractivity contribution in [1.82, 2.24) is 5.32 Å². The van der Waals surface area contributed by atoms with Gasteiger partial charge < -0.3 is 14.8 Å². The van der Waals surface area contributed by atoms with Crippen molar-refractivity contribution in [3.05, 3.63) is 64.1 Å². The molecule has 22 heavy (non-hydrogen) atoms. The second kappa shape index (κ2) is 7.34. The van der Waals surface area contributed by atoms with E-state index in [0.717, 1.165) is 18.7 Å². The Balaban J connectivity index is 1.91. The first kappa shape index (κ1) is 15.6. The lowest BCUT2D eigenvalue weighted by Crippen LogP contribution is -2.43. The normalized spacial score (nSPS) is 19.6. The van der Waals surface area contributed by atoms with Gasteiger partial charge in [-0.3, -0.25) is 0 Å². The van der Waals surface area contributed by atoms with Crippen molar-refractivity contribution in [3.63, 3.8) is 0 Å². The van der Waals surface area contributed by atoms with E-state index in [1.54, 1.807) is 18.2 Å². The lowest BCUT2D eigenvalue weighted by molar-refractivity contribution is -0.0431. The number of benzene rings is 2. The lowest BCUT2D eigenvalue weighted by atomic mass is 10.0. The largest absolute Gasteiger partial charge is 0.480 e. The Morgan fingerprint density at radius 3 is 2.41 bits per heavy atom. The molecule has 1 saturated heterocycles. The van der Waals surface area contributed by atoms with Crippen molar-refractivity contribution in [2.24, 2.45) is 0 Å². The molecule has 0 amide bonds. The van der Waals surface area contributed by atoms with Gasteiger partial charge in [-0.2, -0.15) is 0 Å². The first-order valence-corrected chi connectivity index (χ1v) is 7.99. The number of halogens is 2. The molecule has 0 spiro atoms. The highest BCUT2D eigenvalue weighted by Gasteiger charge is 2.29. The zero-order valence-electron chi connectivity index (χ0n) is 12.0. The molecule has 1 fully saturated rings. The van der Waals surface area contributed by atoms with E-state index in [-0.39, 0.29) is 12.2 Å². The Kier molecular flexibility index (Phi) is 5.21. The second-order valence-electron chi connectivity index (χ2n) is 5.11. The van der Waals surface area contributed by atoms with Crippen LogP contribution in [0.25, 0.3) is 0 Å². The number of hydrogen-bond donors (Lipinski definition) is 1. The van der Waals surface area contributed by atoms with Gasteiger partial charge in [0.2, 0.25) is 0 Å². The van der Waals surface area contributed by atoms with Gasteiger partial charge in [-0.1, -0.05) is 59.6 Å². The van der Waals surface area contributed by atoms with Gasteiger partial charge in [0.1, 0.15) is 6.10 Å². The highest BCUT2D eigenvalue weighted by atomic mass is 35.5. The molecule has 2 aromatic rings. The number of ether oxygens (including phenoxy) is 2. The van der Waals surface area contributed by atoms with Crippen molar-refractivity contribution in [2.75, 3.05) is 19.7 Å². The van der Waals surface area contributed by atoms with E-state index < -0.39 is 0 Å². The number of para-hydroxylation sites is 1. The molecular weight excluding hydrogens is 321 g/mol. The van der Waals surface area contributed by atoms with Gasteiger partial charge in [0, 0.05) is 13.1 Å². The maximum Gasteiger partial charge on any atom is 0.157 e. The quantitative estimate of drug-likeness (QED) is 0.910. The van der Waals surface area contributed by atoms with Crippen LogP contribution in [0.5, 0.6) is 5.75 Å². The van der Waals surface area contributed by atoms with Crippen molar-refractivity contribution >= 4 is 23.2 Å². The molecule has 1 heterocycles. The SMILES string of the molecule is Clc1cccc(Cl)c1OC(c1ccccc1)[C@@H]1CNCCO1. The molecule has 3 nitrogen and oxygen atoms in total. The summed E-state index contributed by atoms with van der Waals surface area (Å²) in [5.74, 6) is 0.494. The van der Waals surface area contributed by atoms with Gasteiger partial charge in [0.25, 0.3) is 0 Å². The van der Waals surface area contributed by atoms with E-state index in [9.17, 15) is 0 Å². The molecule has 3 rings (SSSR count). The maximum absolute atomic E-state index is 6.23. The van der Waals surface area contributed by atoms with Crippen LogP contribution in [0.1, 0.15) is 11.7 Å². The summed E-state index contributed by atoms with van der Waals surface area (Å²) in [5.41, 5.74) is 1.03. The molecule has 1 N–H and O–H groups in total. The minimum atomic E-state index is -0.272. The summed E-state index contributed by atoms with van der Waals surface area (Å²) in [7, 11) is 0. The van der Waals surface area contributed by atoms with Gasteiger partial charge in [-0.25, -0.2) is 0 Å². The van der Waals surface area contributed by atoms with Gasteiger partial charge >= 0.3 is 0 Å². The third kappa shape index (κ3) is 3.55. The maximum atomic E-state index is 6.23.